The van der Waals surface area contributed by atoms with Crippen LogP contribution < -0.4 is 5.32 Å². The molecule has 1 aromatic carbocycles. The van der Waals surface area contributed by atoms with E-state index in [1.807, 2.05) is 18.2 Å². The van der Waals surface area contributed by atoms with Gasteiger partial charge in [-0.15, -0.1) is 0 Å². The molecule has 2 atom stereocenters. The van der Waals surface area contributed by atoms with E-state index in [4.69, 9.17) is 11.6 Å². The van der Waals surface area contributed by atoms with Gasteiger partial charge in [-0.05, 0) is 30.5 Å². The van der Waals surface area contributed by atoms with Crippen LogP contribution in [0, 0.1) is 5.82 Å². The minimum atomic E-state index is -0.474. The van der Waals surface area contributed by atoms with E-state index in [0.29, 0.717) is 0 Å². The number of hydrogen-bond acceptors (Lipinski definition) is 4. The summed E-state index contributed by atoms with van der Waals surface area (Å²) < 4.78 is 13.7. The highest BCUT2D eigenvalue weighted by molar-refractivity contribution is 6.28. The highest BCUT2D eigenvalue weighted by Gasteiger charge is 2.31. The third kappa shape index (κ3) is 3.36. The molecule has 0 spiro atoms. The number of aromatic nitrogens is 2. The zero-order valence-corrected chi connectivity index (χ0v) is 13.1. The Morgan fingerprint density at radius 3 is 2.91 bits per heavy atom. The number of rotatable bonds is 4. The Labute approximate surface area is 134 Å². The summed E-state index contributed by atoms with van der Waals surface area (Å²) in [5.41, 5.74) is 1.28. The topological polar surface area (TPSA) is 41.1 Å². The zero-order valence-electron chi connectivity index (χ0n) is 12.3. The predicted molar refractivity (Wildman–Crippen MR) is 85.3 cm³/mol. The molecule has 1 saturated heterocycles. The molecule has 0 radical (unpaired) electrons. The third-order valence-electron chi connectivity index (χ3n) is 4.15. The number of halogens is 2. The standard InChI is InChI=1S/C16H18ClFN4/c1-11-14(20-15-13(18)9-19-16(17)21-15)7-8-22(11)10-12-5-3-2-4-6-12/h2-6,9,11,14H,7-8,10H2,1H3,(H,19,20,21). The second-order valence-electron chi connectivity index (χ2n) is 5.57. The van der Waals surface area contributed by atoms with Gasteiger partial charge in [0.15, 0.2) is 11.6 Å². The highest BCUT2D eigenvalue weighted by atomic mass is 35.5. The average Bonchev–Trinajstić information content (AvgIpc) is 2.85. The lowest BCUT2D eigenvalue weighted by Gasteiger charge is -2.25. The van der Waals surface area contributed by atoms with Crippen LogP contribution in [0.4, 0.5) is 10.2 Å². The van der Waals surface area contributed by atoms with E-state index in [0.717, 1.165) is 25.7 Å². The van der Waals surface area contributed by atoms with Crippen LogP contribution in [0.1, 0.15) is 18.9 Å². The molecule has 0 aliphatic carbocycles. The molecule has 2 heterocycles. The van der Waals surface area contributed by atoms with Gasteiger partial charge in [-0.2, -0.15) is 4.98 Å². The summed E-state index contributed by atoms with van der Waals surface area (Å²) in [6.07, 6.45) is 2.04. The van der Waals surface area contributed by atoms with E-state index in [9.17, 15) is 4.39 Å². The molecular weight excluding hydrogens is 303 g/mol. The number of likely N-dealkylation sites (tertiary alicyclic amines) is 1. The van der Waals surface area contributed by atoms with E-state index < -0.39 is 5.82 Å². The Kier molecular flexibility index (Phi) is 4.55. The van der Waals surface area contributed by atoms with E-state index >= 15 is 0 Å². The quantitative estimate of drug-likeness (QED) is 0.877. The number of benzene rings is 1. The molecule has 6 heteroatoms. The van der Waals surface area contributed by atoms with Gasteiger partial charge in [-0.1, -0.05) is 30.3 Å². The molecule has 1 N–H and O–H groups in total. The molecule has 1 fully saturated rings. The number of nitrogens with one attached hydrogen (secondary N) is 1. The van der Waals surface area contributed by atoms with Gasteiger partial charge >= 0.3 is 0 Å². The van der Waals surface area contributed by atoms with Gasteiger partial charge < -0.3 is 5.32 Å². The van der Waals surface area contributed by atoms with E-state index in [1.54, 1.807) is 0 Å². The van der Waals surface area contributed by atoms with Gasteiger partial charge in [0.2, 0.25) is 5.28 Å². The van der Waals surface area contributed by atoms with Crippen molar-refractivity contribution in [1.82, 2.24) is 14.9 Å². The normalized spacial score (nSPS) is 22.0. The molecule has 116 valence electrons. The van der Waals surface area contributed by atoms with E-state index in [1.165, 1.54) is 5.56 Å². The molecule has 2 unspecified atom stereocenters. The van der Waals surface area contributed by atoms with Gasteiger partial charge in [0, 0.05) is 25.2 Å². The average molecular weight is 321 g/mol. The summed E-state index contributed by atoms with van der Waals surface area (Å²) >= 11 is 5.74. The first-order chi connectivity index (χ1) is 10.6. The van der Waals surface area contributed by atoms with Crippen LogP contribution >= 0.6 is 11.6 Å². The molecule has 0 amide bonds. The molecule has 0 saturated carbocycles. The second-order valence-corrected chi connectivity index (χ2v) is 5.91. The lowest BCUT2D eigenvalue weighted by Crippen LogP contribution is -2.36. The van der Waals surface area contributed by atoms with Gasteiger partial charge in [-0.25, -0.2) is 9.37 Å². The van der Waals surface area contributed by atoms with Crippen molar-refractivity contribution in [3.05, 3.63) is 53.2 Å². The molecule has 1 aliphatic heterocycles. The first-order valence-corrected chi connectivity index (χ1v) is 7.74. The fraction of sp³-hybridized carbons (Fsp3) is 0.375. The SMILES string of the molecule is CC1C(Nc2nc(Cl)ncc2F)CCN1Cc1ccccc1. The summed E-state index contributed by atoms with van der Waals surface area (Å²) in [6.45, 7) is 4.01. The van der Waals surface area contributed by atoms with Crippen molar-refractivity contribution in [1.29, 1.82) is 0 Å². The molecule has 22 heavy (non-hydrogen) atoms. The van der Waals surface area contributed by atoms with Crippen LogP contribution in [0.25, 0.3) is 0 Å². The monoisotopic (exact) mass is 320 g/mol. The maximum absolute atomic E-state index is 13.7. The zero-order chi connectivity index (χ0) is 15.5. The van der Waals surface area contributed by atoms with Crippen LogP contribution in [0.2, 0.25) is 5.28 Å². The van der Waals surface area contributed by atoms with Crippen LogP contribution in [-0.2, 0) is 6.54 Å². The van der Waals surface area contributed by atoms with E-state index in [2.05, 4.69) is 39.2 Å². The first kappa shape index (κ1) is 15.2. The van der Waals surface area contributed by atoms with E-state index in [-0.39, 0.29) is 23.2 Å². The summed E-state index contributed by atoms with van der Waals surface area (Å²) in [7, 11) is 0. The predicted octanol–water partition coefficient (Wildman–Crippen LogP) is 3.34. The smallest absolute Gasteiger partial charge is 0.224 e. The molecule has 3 rings (SSSR count). The van der Waals surface area contributed by atoms with Gasteiger partial charge in [0.1, 0.15) is 0 Å². The number of hydrogen-bond donors (Lipinski definition) is 1. The van der Waals surface area contributed by atoms with Gasteiger partial charge in [-0.3, -0.25) is 4.90 Å². The van der Waals surface area contributed by atoms with Crippen molar-refractivity contribution < 1.29 is 4.39 Å². The number of anilines is 1. The lowest BCUT2D eigenvalue weighted by atomic mass is 10.1. The van der Waals surface area contributed by atoms with Gasteiger partial charge in [0.25, 0.3) is 0 Å². The maximum Gasteiger partial charge on any atom is 0.224 e. The Balaban J connectivity index is 1.66. The highest BCUT2D eigenvalue weighted by Crippen LogP contribution is 2.24. The summed E-state index contributed by atoms with van der Waals surface area (Å²) in [5.74, 6) is -0.295. The Morgan fingerprint density at radius 1 is 1.36 bits per heavy atom. The van der Waals surface area contributed by atoms with Crippen molar-refractivity contribution in [2.45, 2.75) is 32.0 Å². The second kappa shape index (κ2) is 6.58. The van der Waals surface area contributed by atoms with Crippen LogP contribution in [0.3, 0.4) is 0 Å². The Morgan fingerprint density at radius 2 is 2.14 bits per heavy atom. The minimum Gasteiger partial charge on any atom is -0.363 e. The first-order valence-electron chi connectivity index (χ1n) is 7.36. The third-order valence-corrected chi connectivity index (χ3v) is 4.33. The largest absolute Gasteiger partial charge is 0.363 e. The fourth-order valence-electron chi connectivity index (χ4n) is 2.86. The molecule has 1 aromatic heterocycles. The summed E-state index contributed by atoms with van der Waals surface area (Å²) in [5, 5.41) is 3.21. The van der Waals surface area contributed by atoms with Crippen molar-refractivity contribution in [2.24, 2.45) is 0 Å². The summed E-state index contributed by atoms with van der Waals surface area (Å²) in [4.78, 5) is 9.94. The summed E-state index contributed by atoms with van der Waals surface area (Å²) in [6, 6.07) is 10.8. The van der Waals surface area contributed by atoms with Crippen LogP contribution in [-0.4, -0.2) is 33.5 Å². The number of nitrogens with zero attached hydrogens (tertiary/aromatic N) is 3. The van der Waals surface area contributed by atoms with Gasteiger partial charge in [0.05, 0.1) is 6.20 Å². The molecule has 0 bridgehead atoms. The Hall–Kier alpha value is -1.72. The van der Waals surface area contributed by atoms with Crippen molar-refractivity contribution in [3.63, 3.8) is 0 Å². The minimum absolute atomic E-state index is 0.0516. The van der Waals surface area contributed by atoms with Crippen LogP contribution in [0.15, 0.2) is 36.5 Å². The lowest BCUT2D eigenvalue weighted by molar-refractivity contribution is 0.255. The molecule has 1 aliphatic rings. The fourth-order valence-corrected chi connectivity index (χ4v) is 2.99. The van der Waals surface area contributed by atoms with Crippen molar-refractivity contribution >= 4 is 17.4 Å². The molecule has 2 aromatic rings. The van der Waals surface area contributed by atoms with Crippen LogP contribution in [0.5, 0.6) is 0 Å². The molecule has 4 nitrogen and oxygen atoms in total. The van der Waals surface area contributed by atoms with Crippen molar-refractivity contribution in [2.75, 3.05) is 11.9 Å². The van der Waals surface area contributed by atoms with Crippen molar-refractivity contribution in [3.8, 4) is 0 Å². The maximum atomic E-state index is 13.7. The molecular formula is C16H18ClFN4. The Bertz CT molecular complexity index is 637.